The topological polar surface area (TPSA) is 111 Å². The zero-order chi connectivity index (χ0) is 16.7. The highest BCUT2D eigenvalue weighted by molar-refractivity contribution is 7.91. The molecule has 0 aromatic carbocycles. The van der Waals surface area contributed by atoms with Crippen LogP contribution >= 0.6 is 22.9 Å². The van der Waals surface area contributed by atoms with Crippen LogP contribution in [-0.4, -0.2) is 23.7 Å². The van der Waals surface area contributed by atoms with Gasteiger partial charge in [0.25, 0.3) is 10.0 Å². The Morgan fingerprint density at radius 2 is 2.12 bits per heavy atom. The minimum atomic E-state index is -3.67. The molecule has 0 aliphatic heterocycles. The zero-order valence-corrected chi connectivity index (χ0v) is 14.5. The van der Waals surface area contributed by atoms with E-state index >= 15 is 0 Å². The van der Waals surface area contributed by atoms with Crippen LogP contribution in [-0.2, 0) is 16.6 Å². The molecule has 0 unspecified atom stereocenters. The molecule has 1 aliphatic carbocycles. The Hall–Kier alpha value is -1.75. The van der Waals surface area contributed by atoms with Crippen LogP contribution in [0.2, 0.25) is 4.34 Å². The SMILES string of the molecule is O=S(=O)(NCc1nc(-c2cc(C3CC3)on2)no1)c1ccc(Cl)s1. The molecule has 3 heterocycles. The van der Waals surface area contributed by atoms with Crippen molar-refractivity contribution in [3.8, 4) is 11.5 Å². The lowest BCUT2D eigenvalue weighted by molar-refractivity contribution is 0.373. The monoisotopic (exact) mass is 386 g/mol. The summed E-state index contributed by atoms with van der Waals surface area (Å²) >= 11 is 6.72. The molecular weight excluding hydrogens is 376 g/mol. The first kappa shape index (κ1) is 15.8. The lowest BCUT2D eigenvalue weighted by Gasteiger charge is -2.00. The fourth-order valence-electron chi connectivity index (χ4n) is 2.06. The molecule has 0 radical (unpaired) electrons. The summed E-state index contributed by atoms with van der Waals surface area (Å²) in [6.45, 7) is -0.127. The van der Waals surface area contributed by atoms with Crippen molar-refractivity contribution < 1.29 is 17.5 Å². The number of thiophene rings is 1. The second-order valence-electron chi connectivity index (χ2n) is 5.28. The van der Waals surface area contributed by atoms with Gasteiger partial charge < -0.3 is 9.05 Å². The van der Waals surface area contributed by atoms with Crippen molar-refractivity contribution in [3.05, 3.63) is 34.2 Å². The summed E-state index contributed by atoms with van der Waals surface area (Å²) in [5, 5.41) is 7.70. The van der Waals surface area contributed by atoms with Gasteiger partial charge in [0, 0.05) is 12.0 Å². The van der Waals surface area contributed by atoms with Crippen molar-refractivity contribution in [2.24, 2.45) is 0 Å². The molecule has 1 saturated carbocycles. The molecule has 126 valence electrons. The van der Waals surface area contributed by atoms with E-state index in [0.29, 0.717) is 15.9 Å². The van der Waals surface area contributed by atoms with E-state index < -0.39 is 10.0 Å². The number of sulfonamides is 1. The molecule has 0 atom stereocenters. The molecule has 1 fully saturated rings. The fourth-order valence-corrected chi connectivity index (χ4v) is 4.56. The summed E-state index contributed by atoms with van der Waals surface area (Å²) < 4.78 is 37.4. The summed E-state index contributed by atoms with van der Waals surface area (Å²) in [5.74, 6) is 1.64. The second kappa shape index (κ2) is 5.96. The number of nitrogens with zero attached hydrogens (tertiary/aromatic N) is 3. The maximum atomic E-state index is 12.1. The summed E-state index contributed by atoms with van der Waals surface area (Å²) in [6, 6.07) is 4.74. The Bertz CT molecular complexity index is 974. The van der Waals surface area contributed by atoms with Crippen LogP contribution in [0, 0.1) is 0 Å². The van der Waals surface area contributed by atoms with Gasteiger partial charge in [-0.15, -0.1) is 11.3 Å². The van der Waals surface area contributed by atoms with Gasteiger partial charge in [-0.25, -0.2) is 13.1 Å². The molecule has 0 spiro atoms. The van der Waals surface area contributed by atoms with Crippen molar-refractivity contribution in [1.29, 1.82) is 0 Å². The molecule has 0 amide bonds. The van der Waals surface area contributed by atoms with Crippen molar-refractivity contribution >= 4 is 33.0 Å². The van der Waals surface area contributed by atoms with Gasteiger partial charge in [0.15, 0.2) is 5.69 Å². The van der Waals surface area contributed by atoms with Gasteiger partial charge in [0.05, 0.1) is 10.9 Å². The average molecular weight is 387 g/mol. The zero-order valence-electron chi connectivity index (χ0n) is 12.1. The number of nitrogens with one attached hydrogen (secondary N) is 1. The lowest BCUT2D eigenvalue weighted by Crippen LogP contribution is -2.22. The summed E-state index contributed by atoms with van der Waals surface area (Å²) in [6.07, 6.45) is 2.20. The Balaban J connectivity index is 1.45. The highest BCUT2D eigenvalue weighted by atomic mass is 35.5. The quantitative estimate of drug-likeness (QED) is 0.693. The average Bonchev–Trinajstić information content (AvgIpc) is 2.97. The fraction of sp³-hybridized carbons (Fsp3) is 0.308. The molecule has 0 bridgehead atoms. The third-order valence-electron chi connectivity index (χ3n) is 3.43. The Labute approximate surface area is 145 Å². The van der Waals surface area contributed by atoms with Crippen LogP contribution in [0.1, 0.15) is 30.4 Å². The van der Waals surface area contributed by atoms with Gasteiger partial charge in [0.1, 0.15) is 9.97 Å². The molecule has 3 aromatic rings. The second-order valence-corrected chi connectivity index (χ2v) is 8.99. The predicted octanol–water partition coefficient (Wildman–Crippen LogP) is 2.80. The van der Waals surface area contributed by atoms with Crippen LogP contribution in [0.4, 0.5) is 0 Å². The van der Waals surface area contributed by atoms with Crippen LogP contribution in [0.5, 0.6) is 0 Å². The third kappa shape index (κ3) is 3.22. The number of halogens is 1. The van der Waals surface area contributed by atoms with Gasteiger partial charge in [-0.2, -0.15) is 4.98 Å². The molecular formula is C13H11ClN4O4S2. The molecule has 4 rings (SSSR count). The summed E-state index contributed by atoms with van der Waals surface area (Å²) in [4.78, 5) is 4.13. The van der Waals surface area contributed by atoms with Crippen LogP contribution in [0.15, 0.2) is 31.5 Å². The van der Waals surface area contributed by atoms with Gasteiger partial charge in [-0.1, -0.05) is 21.9 Å². The van der Waals surface area contributed by atoms with Crippen LogP contribution in [0.3, 0.4) is 0 Å². The van der Waals surface area contributed by atoms with Crippen molar-refractivity contribution in [2.75, 3.05) is 0 Å². The van der Waals surface area contributed by atoms with Gasteiger partial charge in [-0.05, 0) is 25.0 Å². The molecule has 24 heavy (non-hydrogen) atoms. The Kier molecular flexibility index (Phi) is 3.91. The number of rotatable bonds is 6. The first-order valence-corrected chi connectivity index (χ1v) is 9.73. The van der Waals surface area contributed by atoms with Crippen LogP contribution in [0.25, 0.3) is 11.5 Å². The summed E-state index contributed by atoms with van der Waals surface area (Å²) in [5.41, 5.74) is 0.472. The van der Waals surface area contributed by atoms with Crippen molar-refractivity contribution in [2.45, 2.75) is 29.5 Å². The standard InChI is InChI=1S/C13H11ClN4O4S2/c14-10-3-4-12(23-10)24(19,20)15-6-11-16-13(18-22-11)8-5-9(21-17-8)7-1-2-7/h3-5,7,15H,1-2,6H2. The maximum absolute atomic E-state index is 12.1. The molecule has 3 aromatic heterocycles. The smallest absolute Gasteiger partial charge is 0.250 e. The third-order valence-corrected chi connectivity index (χ3v) is 6.56. The van der Waals surface area contributed by atoms with E-state index in [4.69, 9.17) is 20.6 Å². The highest BCUT2D eigenvalue weighted by Gasteiger charge is 2.28. The minimum absolute atomic E-state index is 0.123. The van der Waals surface area contributed by atoms with E-state index in [0.717, 1.165) is 29.9 Å². The lowest BCUT2D eigenvalue weighted by atomic mass is 10.3. The molecule has 1 aliphatic rings. The van der Waals surface area contributed by atoms with E-state index in [2.05, 4.69) is 20.0 Å². The van der Waals surface area contributed by atoms with Gasteiger partial charge >= 0.3 is 0 Å². The first-order valence-electron chi connectivity index (χ1n) is 7.06. The van der Waals surface area contributed by atoms with Crippen LogP contribution < -0.4 is 4.72 Å². The summed E-state index contributed by atoms with van der Waals surface area (Å²) in [7, 11) is -3.67. The van der Waals surface area contributed by atoms with E-state index in [9.17, 15) is 8.42 Å². The van der Waals surface area contributed by atoms with E-state index in [-0.39, 0.29) is 22.5 Å². The van der Waals surface area contributed by atoms with E-state index in [1.165, 1.54) is 12.1 Å². The first-order chi connectivity index (χ1) is 11.5. The van der Waals surface area contributed by atoms with Gasteiger partial charge in [0.2, 0.25) is 11.7 Å². The molecule has 1 N–H and O–H groups in total. The normalized spacial score (nSPS) is 15.0. The number of hydrogen-bond donors (Lipinski definition) is 1. The number of aromatic nitrogens is 3. The van der Waals surface area contributed by atoms with E-state index in [1.807, 2.05) is 0 Å². The van der Waals surface area contributed by atoms with Crippen molar-refractivity contribution in [1.82, 2.24) is 20.0 Å². The number of hydrogen-bond acceptors (Lipinski definition) is 8. The van der Waals surface area contributed by atoms with Crippen molar-refractivity contribution in [3.63, 3.8) is 0 Å². The van der Waals surface area contributed by atoms with Gasteiger partial charge in [-0.3, -0.25) is 0 Å². The Morgan fingerprint density at radius 3 is 2.83 bits per heavy atom. The minimum Gasteiger partial charge on any atom is -0.360 e. The Morgan fingerprint density at radius 1 is 1.29 bits per heavy atom. The molecule has 8 nitrogen and oxygen atoms in total. The van der Waals surface area contributed by atoms with E-state index in [1.54, 1.807) is 6.07 Å². The predicted molar refractivity (Wildman–Crippen MR) is 85.1 cm³/mol. The molecule has 11 heteroatoms. The molecule has 0 saturated heterocycles. The maximum Gasteiger partial charge on any atom is 0.250 e. The largest absolute Gasteiger partial charge is 0.360 e. The highest BCUT2D eigenvalue weighted by Crippen LogP contribution is 2.40.